The number of aliphatic imine (C=N–C) groups is 1. The summed E-state index contributed by atoms with van der Waals surface area (Å²) in [5, 5.41) is 3.55. The first-order chi connectivity index (χ1) is 17.4. The molecule has 0 saturated carbocycles. The molecule has 0 radical (unpaired) electrons. The molecule has 0 spiro atoms. The van der Waals surface area contributed by atoms with Crippen LogP contribution in [-0.2, 0) is 11.3 Å². The SMILES string of the molecule is C=C(/N=C\c1nc(-c2ccccc2Cl)n(C2CCN(C(=O)CN)CC2)c1N)NCc1ccccc1F. The molecule has 5 N–H and O–H groups in total. The first kappa shape index (κ1) is 25.4. The normalized spacial score (nSPS) is 14.4. The second-order valence-corrected chi connectivity index (χ2v) is 8.93. The summed E-state index contributed by atoms with van der Waals surface area (Å²) in [6.45, 7) is 5.31. The Morgan fingerprint density at radius 2 is 1.92 bits per heavy atom. The van der Waals surface area contributed by atoms with E-state index in [4.69, 9.17) is 28.1 Å². The van der Waals surface area contributed by atoms with Gasteiger partial charge in [0.1, 0.15) is 29.0 Å². The number of halogens is 2. The van der Waals surface area contributed by atoms with Crippen molar-refractivity contribution in [3.63, 3.8) is 0 Å². The van der Waals surface area contributed by atoms with Gasteiger partial charge in [0.05, 0.1) is 17.8 Å². The number of hydrogen-bond acceptors (Lipinski definition) is 6. The predicted octanol–water partition coefficient (Wildman–Crippen LogP) is 3.73. The van der Waals surface area contributed by atoms with E-state index in [2.05, 4.69) is 16.9 Å². The van der Waals surface area contributed by atoms with Crippen molar-refractivity contribution in [3.8, 4) is 11.4 Å². The minimum Gasteiger partial charge on any atom is -0.383 e. The van der Waals surface area contributed by atoms with E-state index in [0.717, 1.165) is 5.56 Å². The number of aromatic nitrogens is 2. The van der Waals surface area contributed by atoms with Gasteiger partial charge in [-0.05, 0) is 31.0 Å². The zero-order valence-corrected chi connectivity index (χ0v) is 20.6. The molecule has 2 aromatic carbocycles. The van der Waals surface area contributed by atoms with E-state index in [0.29, 0.717) is 59.7 Å². The Hall–Kier alpha value is -3.69. The van der Waals surface area contributed by atoms with Crippen molar-refractivity contribution in [2.75, 3.05) is 25.4 Å². The van der Waals surface area contributed by atoms with Crippen LogP contribution in [0.25, 0.3) is 11.4 Å². The molecule has 1 aliphatic rings. The highest BCUT2D eigenvalue weighted by molar-refractivity contribution is 6.33. The summed E-state index contributed by atoms with van der Waals surface area (Å²) >= 11 is 6.51. The number of benzene rings is 2. The maximum Gasteiger partial charge on any atom is 0.236 e. The van der Waals surface area contributed by atoms with Gasteiger partial charge in [-0.15, -0.1) is 0 Å². The van der Waals surface area contributed by atoms with Gasteiger partial charge in [-0.3, -0.25) is 4.79 Å². The van der Waals surface area contributed by atoms with Gasteiger partial charge < -0.3 is 26.3 Å². The number of carbonyl (C=O) groups is 1. The van der Waals surface area contributed by atoms with Crippen LogP contribution in [0.2, 0.25) is 5.02 Å². The fraction of sp³-hybridized carbons (Fsp3) is 0.269. The fourth-order valence-corrected chi connectivity index (χ4v) is 4.51. The number of carbonyl (C=O) groups excluding carboxylic acids is 1. The van der Waals surface area contributed by atoms with E-state index in [9.17, 15) is 9.18 Å². The maximum absolute atomic E-state index is 13.9. The topological polar surface area (TPSA) is 115 Å². The van der Waals surface area contributed by atoms with Gasteiger partial charge in [-0.2, -0.15) is 0 Å². The quantitative estimate of drug-likeness (QED) is 0.400. The van der Waals surface area contributed by atoms with Gasteiger partial charge in [0.15, 0.2) is 0 Å². The van der Waals surface area contributed by atoms with Crippen LogP contribution in [0, 0.1) is 5.82 Å². The molecule has 1 aromatic heterocycles. The molecule has 1 aliphatic heterocycles. The van der Waals surface area contributed by atoms with Gasteiger partial charge in [-0.25, -0.2) is 14.4 Å². The summed E-state index contributed by atoms with van der Waals surface area (Å²) in [6.07, 6.45) is 2.95. The smallest absolute Gasteiger partial charge is 0.236 e. The largest absolute Gasteiger partial charge is 0.383 e. The highest BCUT2D eigenvalue weighted by atomic mass is 35.5. The summed E-state index contributed by atoms with van der Waals surface area (Å²) in [5.74, 6) is 1.06. The van der Waals surface area contributed by atoms with Gasteiger partial charge in [0, 0.05) is 36.8 Å². The average molecular weight is 510 g/mol. The lowest BCUT2D eigenvalue weighted by Crippen LogP contribution is -2.42. The molecule has 36 heavy (non-hydrogen) atoms. The molecule has 3 aromatic rings. The molecule has 1 saturated heterocycles. The molecule has 0 atom stereocenters. The fourth-order valence-electron chi connectivity index (χ4n) is 4.29. The minimum absolute atomic E-state index is 0.00178. The number of nitrogens with zero attached hydrogens (tertiary/aromatic N) is 4. The van der Waals surface area contributed by atoms with Crippen LogP contribution in [0.15, 0.2) is 65.9 Å². The summed E-state index contributed by atoms with van der Waals surface area (Å²) in [6, 6.07) is 14.0. The molecule has 0 bridgehead atoms. The van der Waals surface area contributed by atoms with Crippen LogP contribution in [-0.4, -0.2) is 46.2 Å². The van der Waals surface area contributed by atoms with Gasteiger partial charge >= 0.3 is 0 Å². The summed E-state index contributed by atoms with van der Waals surface area (Å²) in [4.78, 5) is 22.9. The molecule has 188 valence electrons. The van der Waals surface area contributed by atoms with Crippen LogP contribution in [0.3, 0.4) is 0 Å². The molecule has 0 unspecified atom stereocenters. The zero-order chi connectivity index (χ0) is 25.7. The van der Waals surface area contributed by atoms with E-state index in [1.54, 1.807) is 29.2 Å². The average Bonchev–Trinajstić information content (AvgIpc) is 3.22. The maximum atomic E-state index is 13.9. The summed E-state index contributed by atoms with van der Waals surface area (Å²) in [7, 11) is 0. The van der Waals surface area contributed by atoms with Crippen molar-refractivity contribution in [1.29, 1.82) is 0 Å². The lowest BCUT2D eigenvalue weighted by Gasteiger charge is -2.33. The lowest BCUT2D eigenvalue weighted by atomic mass is 10.0. The molecule has 4 rings (SSSR count). The van der Waals surface area contributed by atoms with Crippen LogP contribution in [0.4, 0.5) is 10.2 Å². The van der Waals surface area contributed by atoms with Crippen molar-refractivity contribution in [1.82, 2.24) is 19.8 Å². The number of nitrogens with one attached hydrogen (secondary N) is 1. The minimum atomic E-state index is -0.298. The number of nitrogens with two attached hydrogens (primary N) is 2. The number of piperidine rings is 1. The van der Waals surface area contributed by atoms with Crippen molar-refractivity contribution in [3.05, 3.63) is 83.0 Å². The van der Waals surface area contributed by atoms with Gasteiger partial charge in [-0.1, -0.05) is 48.5 Å². The third kappa shape index (κ3) is 5.58. The predicted molar refractivity (Wildman–Crippen MR) is 141 cm³/mol. The number of nitrogen functional groups attached to an aromatic ring is 1. The second kappa shape index (κ2) is 11.4. The highest BCUT2D eigenvalue weighted by Gasteiger charge is 2.28. The second-order valence-electron chi connectivity index (χ2n) is 8.52. The molecule has 8 nitrogen and oxygen atoms in total. The van der Waals surface area contributed by atoms with E-state index < -0.39 is 0 Å². The Morgan fingerprint density at radius 1 is 1.22 bits per heavy atom. The number of anilines is 1. The Morgan fingerprint density at radius 3 is 2.61 bits per heavy atom. The Kier molecular flexibility index (Phi) is 8.02. The van der Waals surface area contributed by atoms with Crippen molar-refractivity contribution >= 4 is 29.5 Å². The number of likely N-dealkylation sites (tertiary alicyclic amines) is 1. The van der Waals surface area contributed by atoms with Crippen LogP contribution in [0.5, 0.6) is 0 Å². The van der Waals surface area contributed by atoms with Crippen LogP contribution >= 0.6 is 11.6 Å². The van der Waals surface area contributed by atoms with E-state index >= 15 is 0 Å². The standard InChI is InChI=1S/C26H29ClFN7O/c1-17(31-15-18-6-2-5-9-22(18)28)32-16-23-25(30)35(19-10-12-34(13-11-19)24(36)14-29)26(33-23)20-7-3-4-8-21(20)27/h2-9,16,19,31H,1,10-15,29-30H2/b32-16-. The van der Waals surface area contributed by atoms with Crippen molar-refractivity contribution < 1.29 is 9.18 Å². The van der Waals surface area contributed by atoms with Crippen LogP contribution in [0.1, 0.15) is 30.1 Å². The molecule has 2 heterocycles. The van der Waals surface area contributed by atoms with Crippen molar-refractivity contribution in [2.45, 2.75) is 25.4 Å². The molecule has 1 fully saturated rings. The third-order valence-corrected chi connectivity index (χ3v) is 6.56. The molecule has 10 heteroatoms. The third-order valence-electron chi connectivity index (χ3n) is 6.23. The molecular weight excluding hydrogens is 481 g/mol. The number of rotatable bonds is 8. The molecule has 0 aliphatic carbocycles. The van der Waals surface area contributed by atoms with Gasteiger partial charge in [0.2, 0.25) is 5.91 Å². The summed E-state index contributed by atoms with van der Waals surface area (Å²) in [5.41, 5.74) is 13.8. The number of imidazole rings is 1. The van der Waals surface area contributed by atoms with E-state index in [1.165, 1.54) is 12.3 Å². The summed E-state index contributed by atoms with van der Waals surface area (Å²) < 4.78 is 15.8. The van der Waals surface area contributed by atoms with E-state index in [1.807, 2.05) is 22.8 Å². The Labute approximate surface area is 214 Å². The lowest BCUT2D eigenvalue weighted by molar-refractivity contribution is -0.130. The van der Waals surface area contributed by atoms with Gasteiger partial charge in [0.25, 0.3) is 0 Å². The van der Waals surface area contributed by atoms with E-state index in [-0.39, 0.29) is 30.9 Å². The Bertz CT molecular complexity index is 1280. The number of amides is 1. The monoisotopic (exact) mass is 509 g/mol. The highest BCUT2D eigenvalue weighted by Crippen LogP contribution is 2.35. The van der Waals surface area contributed by atoms with Crippen molar-refractivity contribution in [2.24, 2.45) is 10.7 Å². The Balaban J connectivity index is 1.58. The van der Waals surface area contributed by atoms with Crippen LogP contribution < -0.4 is 16.8 Å². The molecular formula is C26H29ClFN7O. The number of hydrogen-bond donors (Lipinski definition) is 3. The zero-order valence-electron chi connectivity index (χ0n) is 19.8. The molecule has 1 amide bonds. The first-order valence-electron chi connectivity index (χ1n) is 11.7. The first-order valence-corrected chi connectivity index (χ1v) is 12.1.